The normalized spacial score (nSPS) is 11.3. The molecule has 1 N–H and O–H groups in total. The zero-order chi connectivity index (χ0) is 14.6. The summed E-state index contributed by atoms with van der Waals surface area (Å²) in [6.07, 6.45) is 0. The molecular formula is C13H22N2O3S. The number of rotatable bonds is 7. The number of nitrogens with zero attached hydrogens (tertiary/aromatic N) is 2. The number of carbonyl (C=O) groups is 1. The fourth-order valence-electron chi connectivity index (χ4n) is 1.75. The second-order valence-corrected chi connectivity index (χ2v) is 5.93. The van der Waals surface area contributed by atoms with Gasteiger partial charge in [-0.25, -0.2) is 9.78 Å². The van der Waals surface area contributed by atoms with Crippen LogP contribution in [-0.2, 0) is 4.74 Å². The van der Waals surface area contributed by atoms with Gasteiger partial charge in [-0.1, -0.05) is 25.2 Å². The van der Waals surface area contributed by atoms with Gasteiger partial charge in [0.2, 0.25) is 0 Å². The average Bonchev–Trinajstić information content (AvgIpc) is 2.74. The largest absolute Gasteiger partial charge is 0.477 e. The molecule has 0 aliphatic rings. The van der Waals surface area contributed by atoms with Crippen LogP contribution in [0.4, 0.5) is 5.13 Å². The van der Waals surface area contributed by atoms with Crippen LogP contribution in [0.1, 0.15) is 49.0 Å². The fourth-order valence-corrected chi connectivity index (χ4v) is 2.97. The van der Waals surface area contributed by atoms with E-state index in [-0.39, 0.29) is 12.0 Å². The number of aromatic nitrogens is 1. The molecule has 1 heterocycles. The van der Waals surface area contributed by atoms with Crippen molar-refractivity contribution < 1.29 is 14.6 Å². The number of thiazole rings is 1. The van der Waals surface area contributed by atoms with Crippen LogP contribution in [0.15, 0.2) is 0 Å². The van der Waals surface area contributed by atoms with Gasteiger partial charge in [0, 0.05) is 19.7 Å². The molecule has 1 aromatic rings. The Morgan fingerprint density at radius 3 is 2.42 bits per heavy atom. The average molecular weight is 286 g/mol. The number of carboxylic acids is 1. The Hall–Kier alpha value is -1.14. The van der Waals surface area contributed by atoms with Crippen molar-refractivity contribution in [3.63, 3.8) is 0 Å². The summed E-state index contributed by atoms with van der Waals surface area (Å²) in [6.45, 7) is 9.34. The standard InChI is InChI=1S/C13H22N2O3S/c1-8(2)10-11(12(16)17)19-13(14-10)15(9(3)4)6-7-18-5/h8-9H,6-7H2,1-5H3,(H,16,17). The minimum absolute atomic E-state index is 0.104. The van der Waals surface area contributed by atoms with Crippen LogP contribution in [0.5, 0.6) is 0 Å². The van der Waals surface area contributed by atoms with Crippen LogP contribution in [0.25, 0.3) is 0 Å². The lowest BCUT2D eigenvalue weighted by Gasteiger charge is -2.25. The Balaban J connectivity index is 3.10. The van der Waals surface area contributed by atoms with Crippen LogP contribution in [0.3, 0.4) is 0 Å². The molecule has 5 nitrogen and oxygen atoms in total. The first-order chi connectivity index (χ1) is 8.88. The van der Waals surface area contributed by atoms with Crippen molar-refractivity contribution in [2.45, 2.75) is 39.7 Å². The van der Waals surface area contributed by atoms with Gasteiger partial charge in [0.25, 0.3) is 0 Å². The third-order valence-electron chi connectivity index (χ3n) is 2.79. The molecule has 1 rings (SSSR count). The lowest BCUT2D eigenvalue weighted by atomic mass is 10.1. The van der Waals surface area contributed by atoms with E-state index in [9.17, 15) is 9.90 Å². The predicted octanol–water partition coefficient (Wildman–Crippen LogP) is 2.83. The molecule has 0 amide bonds. The van der Waals surface area contributed by atoms with Gasteiger partial charge in [-0.2, -0.15) is 0 Å². The van der Waals surface area contributed by atoms with Crippen LogP contribution < -0.4 is 4.90 Å². The number of aromatic carboxylic acids is 1. The third-order valence-corrected chi connectivity index (χ3v) is 3.88. The maximum absolute atomic E-state index is 11.3. The maximum Gasteiger partial charge on any atom is 0.347 e. The molecule has 0 fully saturated rings. The second kappa shape index (κ2) is 6.86. The summed E-state index contributed by atoms with van der Waals surface area (Å²) in [5.41, 5.74) is 0.663. The number of methoxy groups -OCH3 is 1. The molecule has 1 aromatic heterocycles. The minimum Gasteiger partial charge on any atom is -0.477 e. The topological polar surface area (TPSA) is 62.7 Å². The van der Waals surface area contributed by atoms with Gasteiger partial charge in [-0.15, -0.1) is 0 Å². The van der Waals surface area contributed by atoms with Gasteiger partial charge < -0.3 is 14.7 Å². The van der Waals surface area contributed by atoms with Crippen LogP contribution >= 0.6 is 11.3 Å². The highest BCUT2D eigenvalue weighted by Crippen LogP contribution is 2.31. The van der Waals surface area contributed by atoms with E-state index in [0.717, 1.165) is 5.13 Å². The van der Waals surface area contributed by atoms with Crippen LogP contribution in [-0.4, -0.2) is 42.4 Å². The van der Waals surface area contributed by atoms with Gasteiger partial charge in [-0.3, -0.25) is 0 Å². The lowest BCUT2D eigenvalue weighted by Crippen LogP contribution is -2.33. The Morgan fingerprint density at radius 2 is 2.05 bits per heavy atom. The molecule has 0 radical (unpaired) electrons. The van der Waals surface area contributed by atoms with E-state index >= 15 is 0 Å². The summed E-state index contributed by atoms with van der Waals surface area (Å²) >= 11 is 1.24. The third kappa shape index (κ3) is 3.91. The number of hydrogen-bond donors (Lipinski definition) is 1. The Morgan fingerprint density at radius 1 is 1.42 bits per heavy atom. The molecule has 0 unspecified atom stereocenters. The van der Waals surface area contributed by atoms with E-state index < -0.39 is 5.97 Å². The molecule has 0 aliphatic carbocycles. The molecular weight excluding hydrogens is 264 g/mol. The van der Waals surface area contributed by atoms with E-state index in [1.807, 2.05) is 13.8 Å². The quantitative estimate of drug-likeness (QED) is 0.835. The SMILES string of the molecule is COCCN(c1nc(C(C)C)c(C(=O)O)s1)C(C)C. The Bertz CT molecular complexity index is 430. The summed E-state index contributed by atoms with van der Waals surface area (Å²) in [6, 6.07) is 0.253. The molecule has 0 aromatic carbocycles. The summed E-state index contributed by atoms with van der Waals surface area (Å²) in [4.78, 5) is 18.2. The van der Waals surface area contributed by atoms with E-state index in [1.165, 1.54) is 11.3 Å². The first kappa shape index (κ1) is 15.9. The molecule has 0 atom stereocenters. The Kier molecular flexibility index (Phi) is 5.75. The van der Waals surface area contributed by atoms with Crippen LogP contribution in [0, 0.1) is 0 Å². The van der Waals surface area contributed by atoms with Crippen molar-refractivity contribution in [3.05, 3.63) is 10.6 Å². The predicted molar refractivity (Wildman–Crippen MR) is 77.5 cm³/mol. The van der Waals surface area contributed by atoms with Crippen molar-refractivity contribution in [2.75, 3.05) is 25.2 Å². The van der Waals surface area contributed by atoms with Gasteiger partial charge in [-0.05, 0) is 19.8 Å². The van der Waals surface area contributed by atoms with Crippen molar-refractivity contribution in [3.8, 4) is 0 Å². The van der Waals surface area contributed by atoms with Gasteiger partial charge in [0.15, 0.2) is 5.13 Å². The summed E-state index contributed by atoms with van der Waals surface area (Å²) in [5.74, 6) is -0.796. The summed E-state index contributed by atoms with van der Waals surface area (Å²) in [5, 5.41) is 10.0. The molecule has 6 heteroatoms. The minimum atomic E-state index is -0.900. The summed E-state index contributed by atoms with van der Waals surface area (Å²) in [7, 11) is 1.66. The number of anilines is 1. The zero-order valence-corrected chi connectivity index (χ0v) is 13.0. The number of carboxylic acid groups (broad SMARTS) is 1. The highest BCUT2D eigenvalue weighted by Gasteiger charge is 2.23. The maximum atomic E-state index is 11.3. The number of hydrogen-bond acceptors (Lipinski definition) is 5. The van der Waals surface area contributed by atoms with Crippen molar-refractivity contribution >= 4 is 22.4 Å². The molecule has 0 bridgehead atoms. The zero-order valence-electron chi connectivity index (χ0n) is 12.1. The fraction of sp³-hybridized carbons (Fsp3) is 0.692. The van der Waals surface area contributed by atoms with Crippen LogP contribution in [0.2, 0.25) is 0 Å². The molecule has 0 saturated heterocycles. The van der Waals surface area contributed by atoms with E-state index in [2.05, 4.69) is 23.7 Å². The smallest absolute Gasteiger partial charge is 0.347 e. The van der Waals surface area contributed by atoms with Gasteiger partial charge in [0.05, 0.1) is 12.3 Å². The van der Waals surface area contributed by atoms with Crippen molar-refractivity contribution in [1.82, 2.24) is 4.98 Å². The first-order valence-electron chi connectivity index (χ1n) is 6.38. The summed E-state index contributed by atoms with van der Waals surface area (Å²) < 4.78 is 5.09. The number of ether oxygens (including phenoxy) is 1. The molecule has 19 heavy (non-hydrogen) atoms. The lowest BCUT2D eigenvalue weighted by molar-refractivity contribution is 0.0700. The highest BCUT2D eigenvalue weighted by molar-refractivity contribution is 7.17. The Labute approximate surface area is 118 Å². The molecule has 108 valence electrons. The van der Waals surface area contributed by atoms with E-state index in [0.29, 0.717) is 23.7 Å². The second-order valence-electron chi connectivity index (χ2n) is 4.95. The first-order valence-corrected chi connectivity index (χ1v) is 7.19. The van der Waals surface area contributed by atoms with Crippen molar-refractivity contribution in [2.24, 2.45) is 0 Å². The van der Waals surface area contributed by atoms with Gasteiger partial charge in [0.1, 0.15) is 4.88 Å². The highest BCUT2D eigenvalue weighted by atomic mass is 32.1. The van der Waals surface area contributed by atoms with Gasteiger partial charge >= 0.3 is 5.97 Å². The molecule has 0 spiro atoms. The van der Waals surface area contributed by atoms with E-state index in [4.69, 9.17) is 4.74 Å². The molecule has 0 saturated carbocycles. The van der Waals surface area contributed by atoms with E-state index in [1.54, 1.807) is 7.11 Å². The molecule has 0 aliphatic heterocycles. The van der Waals surface area contributed by atoms with Crippen molar-refractivity contribution in [1.29, 1.82) is 0 Å². The monoisotopic (exact) mass is 286 g/mol.